The molecule has 0 amide bonds. The normalized spacial score (nSPS) is 13.3. The summed E-state index contributed by atoms with van der Waals surface area (Å²) in [4.78, 5) is 67.3. The zero-order valence-electron chi connectivity index (χ0n) is 35.3. The maximum absolute atomic E-state index is 11.9. The minimum absolute atomic E-state index is 0. The van der Waals surface area contributed by atoms with Gasteiger partial charge in [-0.15, -0.1) is 11.6 Å². The summed E-state index contributed by atoms with van der Waals surface area (Å²) in [5, 5.41) is 0. The number of rotatable bonds is 19. The summed E-state index contributed by atoms with van der Waals surface area (Å²) in [6.07, 6.45) is 3.55. The second kappa shape index (κ2) is 38.7. The minimum Gasteiger partial charge on any atom is 0 e. The number of carbonyl (C=O) groups excluding carboxylic acids is 6. The molecule has 0 aromatic rings. The van der Waals surface area contributed by atoms with Crippen LogP contribution < -0.4 is 0 Å². The van der Waals surface area contributed by atoms with Crippen molar-refractivity contribution in [3.63, 3.8) is 0 Å². The second-order valence-electron chi connectivity index (χ2n) is 14.3. The Kier molecular flexibility index (Phi) is 47.6. The van der Waals surface area contributed by atoms with E-state index in [1.54, 1.807) is 20.8 Å². The molecule has 0 saturated heterocycles. The summed E-state index contributed by atoms with van der Waals surface area (Å²) < 4.78 is 28.5. The molecule has 0 rings (SSSR count). The monoisotopic (exact) mass is 996 g/mol. The Hall–Kier alpha value is -1.50. The number of esters is 6. The summed E-state index contributed by atoms with van der Waals surface area (Å²) in [7, 11) is 17.4. The van der Waals surface area contributed by atoms with Gasteiger partial charge in [0.25, 0.3) is 10.9 Å². The molecule has 346 valence electrons. The van der Waals surface area contributed by atoms with Crippen LogP contribution in [0.25, 0.3) is 0 Å². The van der Waals surface area contributed by atoms with Crippen LogP contribution >= 0.6 is 32.6 Å². The van der Waals surface area contributed by atoms with Gasteiger partial charge >= 0.3 is 61.0 Å². The van der Waals surface area contributed by atoms with E-state index in [1.165, 1.54) is 28.4 Å². The van der Waals surface area contributed by atoms with Gasteiger partial charge in [-0.3, -0.25) is 19.2 Å². The molecule has 0 heterocycles. The first-order chi connectivity index (χ1) is 25.3. The Morgan fingerprint density at radius 3 is 1.21 bits per heavy atom. The minimum atomic E-state index is -1.11. The van der Waals surface area contributed by atoms with Gasteiger partial charge < -0.3 is 28.4 Å². The van der Waals surface area contributed by atoms with Gasteiger partial charge in [0, 0.05) is 28.2 Å². The van der Waals surface area contributed by atoms with Gasteiger partial charge in [-0.2, -0.15) is 0 Å². The van der Waals surface area contributed by atoms with Crippen molar-refractivity contribution in [2.75, 3.05) is 41.7 Å². The van der Waals surface area contributed by atoms with E-state index in [-0.39, 0.29) is 61.5 Å². The molecular weight excluding hydrogens is 929 g/mol. The Bertz CT molecular complexity index is 1160. The number of halogens is 4. The van der Waals surface area contributed by atoms with Crippen LogP contribution in [0.5, 0.6) is 0 Å². The third kappa shape index (κ3) is 34.0. The number of ether oxygens (including phenoxy) is 6. The molecule has 0 bridgehead atoms. The standard InChI is InChI=1S/C14H25ClO4.C14H26O4.C10H14O4.CH4.Cl2H.ClH.2Cu/c1-10(2)9-13(3,11(16)18-5)7-8-14(4,15)12(17)19-6;1-10(2)9-14(4,13(16)18-6)8-7-11(3)12(15)17-5;1-7(2)9(11)13-5-6-14-10(12)8(3)4;;1-2;;;/h10H,7-9H2,1-6H3;10-11H,7-9H2,1-6H3;1,3,5-6H2,2,4H3;1H4;1H;1H;;/q;;;;+1;;;+2/p-1. The molecule has 0 spiro atoms. The Morgan fingerprint density at radius 2 is 0.947 bits per heavy atom. The van der Waals surface area contributed by atoms with Gasteiger partial charge in [0.05, 0.1) is 45.2 Å². The third-order valence-corrected chi connectivity index (χ3v) is 8.15. The predicted octanol–water partition coefficient (Wildman–Crippen LogP) is 8.93. The molecule has 57 heavy (non-hydrogen) atoms. The van der Waals surface area contributed by atoms with Gasteiger partial charge in [0.2, 0.25) is 10.9 Å². The first-order valence-corrected chi connectivity index (χ1v) is 20.2. The number of hydrogen-bond acceptors (Lipinski definition) is 12. The second-order valence-corrected chi connectivity index (χ2v) is 15.1. The van der Waals surface area contributed by atoms with Crippen LogP contribution in [0.1, 0.15) is 115 Å². The summed E-state index contributed by atoms with van der Waals surface area (Å²) >= 11 is 9.81. The van der Waals surface area contributed by atoms with Gasteiger partial charge in [-0.05, 0) is 85.0 Å². The van der Waals surface area contributed by atoms with E-state index in [4.69, 9.17) is 25.8 Å². The van der Waals surface area contributed by atoms with E-state index in [0.717, 1.165) is 6.42 Å². The van der Waals surface area contributed by atoms with Crippen LogP contribution in [0.3, 0.4) is 0 Å². The topological polar surface area (TPSA) is 158 Å². The fourth-order valence-electron chi connectivity index (χ4n) is 5.06. The third-order valence-electron chi connectivity index (χ3n) is 7.81. The molecule has 0 saturated carbocycles. The quantitative estimate of drug-likeness (QED) is 0.0303. The van der Waals surface area contributed by atoms with Gasteiger partial charge in [-0.25, -0.2) is 9.59 Å². The molecular formula is C39H70Cl4Cu2O12+2. The van der Waals surface area contributed by atoms with Crippen LogP contribution in [0.2, 0.25) is 0 Å². The van der Waals surface area contributed by atoms with Crippen molar-refractivity contribution in [3.8, 4) is 0 Å². The molecule has 1 radical (unpaired) electrons. The van der Waals surface area contributed by atoms with Crippen LogP contribution in [0.4, 0.5) is 0 Å². The molecule has 0 aromatic carbocycles. The van der Waals surface area contributed by atoms with Crippen LogP contribution in [0.15, 0.2) is 24.3 Å². The first kappa shape index (κ1) is 70.1. The molecule has 0 aromatic heterocycles. The first-order valence-electron chi connectivity index (χ1n) is 17.2. The Morgan fingerprint density at radius 1 is 0.632 bits per heavy atom. The van der Waals surface area contributed by atoms with E-state index in [9.17, 15) is 28.8 Å². The maximum atomic E-state index is 11.9. The molecule has 0 fully saturated rings. The van der Waals surface area contributed by atoms with Crippen molar-refractivity contribution in [1.82, 2.24) is 0 Å². The van der Waals surface area contributed by atoms with Gasteiger partial charge in [0.15, 0.2) is 0 Å². The van der Waals surface area contributed by atoms with Gasteiger partial charge in [0.1, 0.15) is 18.1 Å². The number of carbonyl (C=O) groups is 6. The summed E-state index contributed by atoms with van der Waals surface area (Å²) in [6, 6.07) is 0. The van der Waals surface area contributed by atoms with E-state index >= 15 is 0 Å². The number of methoxy groups -OCH3 is 4. The largest absolute Gasteiger partial charge is 0 e. The van der Waals surface area contributed by atoms with E-state index < -0.39 is 33.6 Å². The van der Waals surface area contributed by atoms with Crippen LogP contribution in [-0.2, 0) is 89.4 Å². The molecule has 0 aliphatic rings. The van der Waals surface area contributed by atoms with Crippen molar-refractivity contribution in [2.45, 2.75) is 120 Å². The molecule has 18 heteroatoms. The van der Waals surface area contributed by atoms with Crippen LogP contribution in [0, 0.1) is 39.4 Å². The van der Waals surface area contributed by atoms with Crippen molar-refractivity contribution < 1.29 is 100 Å². The summed E-state index contributed by atoms with van der Waals surface area (Å²) in [6.45, 7) is 25.4. The van der Waals surface area contributed by atoms with Crippen molar-refractivity contribution >= 4 is 68.4 Å². The molecule has 0 aliphatic heterocycles. The predicted molar refractivity (Wildman–Crippen MR) is 216 cm³/mol. The summed E-state index contributed by atoms with van der Waals surface area (Å²) in [5.74, 6) is -1.59. The average Bonchev–Trinajstić information content (AvgIpc) is 3.14. The van der Waals surface area contributed by atoms with Crippen LogP contribution in [-0.4, -0.2) is 82.3 Å². The zero-order chi connectivity index (χ0) is 44.8. The smallest absolute Gasteiger partial charge is 0 e. The molecule has 4 unspecified atom stereocenters. The Labute approximate surface area is 380 Å². The molecule has 0 aliphatic carbocycles. The molecule has 12 nitrogen and oxygen atoms in total. The fourth-order valence-corrected chi connectivity index (χ4v) is 5.24. The average molecular weight is 1000 g/mol. The van der Waals surface area contributed by atoms with E-state index in [2.05, 4.69) is 88.1 Å². The van der Waals surface area contributed by atoms with Crippen molar-refractivity contribution in [2.24, 2.45) is 28.6 Å². The SMILES string of the molecule is C.C=C(C)C(=O)OCCOC(=O)C(=C)C.COC(=O)C(C)(Cl)CCC(C)(CC(C)C)C(=O)OC.COC(=O)C(C)CCC(C)(CC(C)C)C(=O)OC.Cl[ClH+].[Cl][Cu+].[Cu]. The van der Waals surface area contributed by atoms with E-state index in [0.29, 0.717) is 55.1 Å². The molecule has 0 N–H and O–H groups in total. The summed E-state index contributed by atoms with van der Waals surface area (Å²) in [5.41, 5.74) is -0.523. The van der Waals surface area contributed by atoms with Crippen molar-refractivity contribution in [1.29, 1.82) is 0 Å². The van der Waals surface area contributed by atoms with E-state index in [1.807, 2.05) is 34.6 Å². The number of hydrogen-bond donors (Lipinski definition) is 0. The molecule has 4 atom stereocenters. The van der Waals surface area contributed by atoms with Gasteiger partial charge in [-0.1, -0.05) is 55.2 Å². The maximum Gasteiger partial charge on any atom is 0 e. The number of alkyl halides is 1. The fraction of sp³-hybridized carbons (Fsp3) is 0.744. The van der Waals surface area contributed by atoms with Crippen molar-refractivity contribution in [3.05, 3.63) is 24.3 Å². The zero-order valence-corrected chi connectivity index (χ0v) is 40.3. The Balaban J connectivity index is -0.000000125.